The van der Waals surface area contributed by atoms with Gasteiger partial charge in [0.05, 0.1) is 0 Å². The highest BCUT2D eigenvalue weighted by Crippen LogP contribution is 2.49. The van der Waals surface area contributed by atoms with Crippen LogP contribution in [0.2, 0.25) is 0 Å². The van der Waals surface area contributed by atoms with E-state index >= 15 is 0 Å². The normalized spacial score (nSPS) is 11.7. The maximum Gasteiger partial charge on any atom is 0.0481 e. The van der Waals surface area contributed by atoms with Gasteiger partial charge in [-0.3, -0.25) is 0 Å². The van der Waals surface area contributed by atoms with Crippen LogP contribution >= 0.6 is 90.7 Å². The molecule has 400 valence electrons. The van der Waals surface area contributed by atoms with E-state index in [9.17, 15) is 0 Å². The molecule has 0 amide bonds. The van der Waals surface area contributed by atoms with Crippen molar-refractivity contribution in [3.63, 3.8) is 0 Å². The van der Waals surface area contributed by atoms with Crippen LogP contribution in [0, 0.1) is 0 Å². The van der Waals surface area contributed by atoms with Crippen molar-refractivity contribution < 1.29 is 0 Å². The number of benzene rings is 2. The van der Waals surface area contributed by atoms with Crippen LogP contribution in [0.5, 0.6) is 0 Å². The summed E-state index contributed by atoms with van der Waals surface area (Å²) in [5.74, 6) is 0. The molecule has 0 saturated heterocycles. The van der Waals surface area contributed by atoms with E-state index in [1.807, 2.05) is 90.7 Å². The predicted molar refractivity (Wildman–Crippen MR) is 354 cm³/mol. The second kappa shape index (κ2) is 28.5. The SMILES string of the molecule is CCCCCCc1ccsc1-c1ccc(-c2ccc(-c3sc(-c4ccc(Cc5ccc(-c6cc(CCCCCC)c(-c7ccc(-c8ccc(-c9sccc9CCCCCC)s8)s7)s6)cc5)cc4)cc3CCCCCC)s2)s1. The lowest BCUT2D eigenvalue weighted by atomic mass is 10.0. The number of thiophene rings is 8. The summed E-state index contributed by atoms with van der Waals surface area (Å²) in [6.45, 7) is 9.22. The van der Waals surface area contributed by atoms with Crippen LogP contribution in [0.25, 0.3) is 79.4 Å². The molecule has 0 atom stereocenters. The first-order chi connectivity index (χ1) is 38.0. The maximum absolute atomic E-state index is 2.52. The Labute approximate surface area is 493 Å². The molecule has 0 N–H and O–H groups in total. The van der Waals surface area contributed by atoms with Gasteiger partial charge in [-0.05, 0) is 186 Å². The minimum absolute atomic E-state index is 0.932. The highest BCUT2D eigenvalue weighted by atomic mass is 32.1. The largest absolute Gasteiger partial charge is 0.143 e. The van der Waals surface area contributed by atoms with E-state index in [-0.39, 0.29) is 0 Å². The van der Waals surface area contributed by atoms with E-state index < -0.39 is 0 Å². The zero-order valence-corrected chi connectivity index (χ0v) is 52.3. The van der Waals surface area contributed by atoms with E-state index in [0.717, 1.165) is 19.3 Å². The second-order valence-corrected chi connectivity index (χ2v) is 29.2. The van der Waals surface area contributed by atoms with Crippen LogP contribution in [-0.2, 0) is 32.1 Å². The lowest BCUT2D eigenvalue weighted by molar-refractivity contribution is 0.668. The van der Waals surface area contributed by atoms with Crippen LogP contribution in [-0.4, -0.2) is 0 Å². The third-order valence-corrected chi connectivity index (χ3v) is 24.8. The maximum atomic E-state index is 2.52. The van der Waals surface area contributed by atoms with E-state index in [1.54, 1.807) is 0 Å². The Balaban J connectivity index is 0.814. The standard InChI is InChI=1S/C69H76S8/c1-5-9-13-17-21-52-41-43-70-66(52)60-37-33-56(72-60)58-35-39-62(74-58)68-54(23-19-15-11-7-3)46-64(76-68)50-29-25-48(26-30-50)45-49-27-31-51(32-28-49)65-47-55(24-20-16-12-8-4)69(77-65)63-40-36-59(75-63)57-34-38-61(73-57)67-53(42-44-71-67)22-18-14-10-6-2/h25-44,46-47H,5-24,45H2,1-4H3. The minimum atomic E-state index is 0.932. The first-order valence-electron chi connectivity index (χ1n) is 29.0. The number of rotatable bonds is 30. The molecule has 0 fully saturated rings. The highest BCUT2D eigenvalue weighted by Gasteiger charge is 2.20. The van der Waals surface area contributed by atoms with Gasteiger partial charge in [-0.15, -0.1) is 90.7 Å². The average Bonchev–Trinajstić information content (AvgIpc) is 4.36. The first-order valence-corrected chi connectivity index (χ1v) is 35.6. The second-order valence-electron chi connectivity index (χ2n) is 20.9. The highest BCUT2D eigenvalue weighted by molar-refractivity contribution is 7.30. The molecule has 10 rings (SSSR count). The number of unbranched alkanes of at least 4 members (excludes halogenated alkanes) is 12. The fourth-order valence-corrected chi connectivity index (χ4v) is 19.7. The van der Waals surface area contributed by atoms with Crippen molar-refractivity contribution in [3.05, 3.63) is 165 Å². The topological polar surface area (TPSA) is 0 Å². The summed E-state index contributed by atoms with van der Waals surface area (Å²) >= 11 is 15.7. The monoisotopic (exact) mass is 1160 g/mol. The summed E-state index contributed by atoms with van der Waals surface area (Å²) in [6, 6.07) is 47.7. The third-order valence-electron chi connectivity index (χ3n) is 15.0. The van der Waals surface area contributed by atoms with Gasteiger partial charge in [0.2, 0.25) is 0 Å². The molecule has 0 saturated carbocycles. The third kappa shape index (κ3) is 14.5. The Kier molecular flexibility index (Phi) is 20.8. The zero-order valence-electron chi connectivity index (χ0n) is 45.8. The number of aryl methyl sites for hydroxylation is 4. The smallest absolute Gasteiger partial charge is 0.0481 e. The summed E-state index contributed by atoms with van der Waals surface area (Å²) in [5, 5.41) is 4.58. The molecule has 0 aliphatic carbocycles. The van der Waals surface area contributed by atoms with E-state index in [4.69, 9.17) is 0 Å². The lowest BCUT2D eigenvalue weighted by Gasteiger charge is -2.05. The van der Waals surface area contributed by atoms with Gasteiger partial charge in [-0.25, -0.2) is 0 Å². The van der Waals surface area contributed by atoms with Crippen molar-refractivity contribution in [1.29, 1.82) is 0 Å². The van der Waals surface area contributed by atoms with Crippen LogP contribution in [0.15, 0.2) is 132 Å². The zero-order chi connectivity index (χ0) is 52.8. The van der Waals surface area contributed by atoms with Gasteiger partial charge in [0, 0.05) is 68.3 Å². The fourth-order valence-electron chi connectivity index (χ4n) is 10.6. The molecule has 0 nitrogen and oxygen atoms in total. The molecule has 0 unspecified atom stereocenters. The van der Waals surface area contributed by atoms with Gasteiger partial charge in [-0.1, -0.05) is 153 Å². The Morgan fingerprint density at radius 2 is 0.571 bits per heavy atom. The molecular weight excluding hydrogens is 1090 g/mol. The molecular formula is C69H76S8. The summed E-state index contributed by atoms with van der Waals surface area (Å²) < 4.78 is 0. The Morgan fingerprint density at radius 3 is 0.909 bits per heavy atom. The van der Waals surface area contributed by atoms with E-state index in [1.165, 1.54) is 228 Å². The van der Waals surface area contributed by atoms with E-state index in [0.29, 0.717) is 0 Å². The van der Waals surface area contributed by atoms with Gasteiger partial charge in [0.25, 0.3) is 0 Å². The summed E-state index contributed by atoms with van der Waals surface area (Å²) in [6.07, 6.45) is 26.3. The Morgan fingerprint density at radius 1 is 0.260 bits per heavy atom. The molecule has 77 heavy (non-hydrogen) atoms. The van der Waals surface area contributed by atoms with Crippen LogP contribution < -0.4 is 0 Å². The van der Waals surface area contributed by atoms with Crippen molar-refractivity contribution in [2.24, 2.45) is 0 Å². The van der Waals surface area contributed by atoms with Crippen LogP contribution in [0.4, 0.5) is 0 Å². The molecule has 8 aromatic heterocycles. The predicted octanol–water partition coefficient (Wildman–Crippen LogP) is 25.6. The number of hydrogen-bond acceptors (Lipinski definition) is 8. The van der Waals surface area contributed by atoms with Crippen molar-refractivity contribution >= 4 is 90.7 Å². The lowest BCUT2D eigenvalue weighted by Crippen LogP contribution is -1.88. The Hall–Kier alpha value is -3.96. The van der Waals surface area contributed by atoms with Crippen molar-refractivity contribution in [2.75, 3.05) is 0 Å². The van der Waals surface area contributed by atoms with Crippen molar-refractivity contribution in [3.8, 4) is 79.4 Å². The fraction of sp³-hybridized carbons (Fsp3) is 0.362. The molecule has 0 spiro atoms. The molecule has 2 aromatic carbocycles. The average molecular weight is 1160 g/mol. The first kappa shape index (κ1) is 56.3. The number of hydrogen-bond donors (Lipinski definition) is 0. The summed E-state index contributed by atoms with van der Waals surface area (Å²) in [7, 11) is 0. The minimum Gasteiger partial charge on any atom is -0.143 e. The van der Waals surface area contributed by atoms with Gasteiger partial charge in [0.1, 0.15) is 0 Å². The van der Waals surface area contributed by atoms with Crippen LogP contribution in [0.1, 0.15) is 164 Å². The van der Waals surface area contributed by atoms with Crippen LogP contribution in [0.3, 0.4) is 0 Å². The quantitative estimate of drug-likeness (QED) is 0.0394. The molecule has 0 aliphatic rings. The molecule has 8 heterocycles. The van der Waals surface area contributed by atoms with Crippen molar-refractivity contribution in [1.82, 2.24) is 0 Å². The van der Waals surface area contributed by atoms with Gasteiger partial charge in [-0.2, -0.15) is 0 Å². The van der Waals surface area contributed by atoms with Gasteiger partial charge in [0.15, 0.2) is 0 Å². The summed E-state index contributed by atoms with van der Waals surface area (Å²) in [5.41, 5.74) is 11.5. The molecule has 10 aromatic rings. The Bertz CT molecular complexity index is 3120. The molecule has 0 radical (unpaired) electrons. The molecule has 0 aliphatic heterocycles. The van der Waals surface area contributed by atoms with E-state index in [2.05, 4.69) is 160 Å². The molecule has 8 heteroatoms. The van der Waals surface area contributed by atoms with Gasteiger partial charge < -0.3 is 0 Å². The van der Waals surface area contributed by atoms with Gasteiger partial charge >= 0.3 is 0 Å². The van der Waals surface area contributed by atoms with Crippen molar-refractivity contribution in [2.45, 2.75) is 163 Å². The summed E-state index contributed by atoms with van der Waals surface area (Å²) in [4.78, 5) is 19.9. The molecule has 0 bridgehead atoms.